The molecule has 0 spiro atoms. The number of benzene rings is 3. The highest BCUT2D eigenvalue weighted by Crippen LogP contribution is 2.34. The molecule has 0 aliphatic carbocycles. The number of nitrogen functional groups attached to an aromatic ring is 1. The molecule has 1 heterocycles. The summed E-state index contributed by atoms with van der Waals surface area (Å²) in [5, 5.41) is 20.2. The third-order valence-electron chi connectivity index (χ3n) is 6.64. The number of rotatable bonds is 12. The van der Waals surface area contributed by atoms with Crippen LogP contribution in [0.25, 0.3) is 11.3 Å². The number of carbonyl (C=O) groups excluding carboxylic acids is 1. The Kier molecular flexibility index (Phi) is 10.4. The van der Waals surface area contributed by atoms with Crippen LogP contribution in [-0.2, 0) is 35.5 Å². The minimum Gasteiger partial charge on any atom is -0.399 e. The molecule has 4 aromatic rings. The molecular formula is C31H31F3N8O5. The second-order valence-electron chi connectivity index (χ2n) is 10.7. The number of amidine groups is 1. The Bertz CT molecular complexity index is 1840. The molecule has 16 heteroatoms. The van der Waals surface area contributed by atoms with Gasteiger partial charge in [-0.2, -0.15) is 13.2 Å². The number of hydrogen-bond acceptors (Lipinski definition) is 9. The summed E-state index contributed by atoms with van der Waals surface area (Å²) in [4.78, 5) is 45.9. The molecular weight excluding hydrogens is 621 g/mol. The molecule has 0 aliphatic rings. The van der Waals surface area contributed by atoms with Crippen molar-refractivity contribution in [3.05, 3.63) is 116 Å². The normalized spacial score (nSPS) is 11.7. The number of aromatic nitrogens is 2. The quantitative estimate of drug-likeness (QED) is 0.0565. The Morgan fingerprint density at radius 2 is 1.74 bits per heavy atom. The van der Waals surface area contributed by atoms with Crippen LogP contribution in [0.5, 0.6) is 0 Å². The molecule has 1 amide bonds. The number of oxime groups is 1. The maximum absolute atomic E-state index is 13.5. The first-order valence-electron chi connectivity index (χ1n) is 14.1. The van der Waals surface area contributed by atoms with Gasteiger partial charge in [0, 0.05) is 41.5 Å². The largest absolute Gasteiger partial charge is 0.416 e. The molecule has 1 aromatic heterocycles. The van der Waals surface area contributed by atoms with E-state index in [1.54, 1.807) is 50.2 Å². The van der Waals surface area contributed by atoms with Crippen molar-refractivity contribution in [1.29, 1.82) is 0 Å². The number of nitrogens with two attached hydrogens (primary N) is 2. The van der Waals surface area contributed by atoms with Crippen molar-refractivity contribution in [2.24, 2.45) is 10.9 Å². The summed E-state index contributed by atoms with van der Waals surface area (Å²) in [5.74, 6) is -0.573. The lowest BCUT2D eigenvalue weighted by Crippen LogP contribution is -2.35. The predicted molar refractivity (Wildman–Crippen MR) is 169 cm³/mol. The van der Waals surface area contributed by atoms with Gasteiger partial charge < -0.3 is 26.9 Å². The summed E-state index contributed by atoms with van der Waals surface area (Å²) >= 11 is 0. The number of hydrogen-bond donors (Lipinski definition) is 4. The number of amides is 1. The maximum atomic E-state index is 13.5. The fraction of sp³-hybridized carbons (Fsp3) is 0.226. The first-order valence-corrected chi connectivity index (χ1v) is 14.1. The Balaban J connectivity index is 1.44. The Morgan fingerprint density at radius 3 is 2.36 bits per heavy atom. The summed E-state index contributed by atoms with van der Waals surface area (Å²) in [5.41, 5.74) is 11.6. The topological polar surface area (TPSA) is 193 Å². The molecule has 6 N–H and O–H groups in total. The predicted octanol–water partition coefficient (Wildman–Crippen LogP) is 4.39. The molecule has 0 bridgehead atoms. The van der Waals surface area contributed by atoms with Gasteiger partial charge in [0.25, 0.3) is 11.2 Å². The van der Waals surface area contributed by atoms with Crippen molar-refractivity contribution < 1.29 is 27.7 Å². The summed E-state index contributed by atoms with van der Waals surface area (Å²) in [6, 6.07) is 15.2. The average Bonchev–Trinajstić information content (AvgIpc) is 3.01. The van der Waals surface area contributed by atoms with Gasteiger partial charge in [-0.25, -0.2) is 4.98 Å². The average molecular weight is 653 g/mol. The third-order valence-corrected chi connectivity index (χ3v) is 6.64. The van der Waals surface area contributed by atoms with Crippen LogP contribution in [0.1, 0.15) is 36.1 Å². The van der Waals surface area contributed by atoms with Gasteiger partial charge >= 0.3 is 6.18 Å². The van der Waals surface area contributed by atoms with Gasteiger partial charge in [0.05, 0.1) is 22.4 Å². The van der Waals surface area contributed by atoms with Crippen LogP contribution in [0.2, 0.25) is 0 Å². The second kappa shape index (κ2) is 14.4. The van der Waals surface area contributed by atoms with E-state index in [4.69, 9.17) is 16.3 Å². The van der Waals surface area contributed by atoms with E-state index in [1.165, 1.54) is 24.4 Å². The number of nitrogens with one attached hydrogen (secondary N) is 2. The molecule has 0 radical (unpaired) electrons. The molecule has 0 saturated heterocycles. The molecule has 13 nitrogen and oxygen atoms in total. The maximum Gasteiger partial charge on any atom is 0.416 e. The minimum absolute atomic E-state index is 0.0211. The standard InChI is InChI=1S/C31H31F3N8O5/c1-18(2)39-29-30(44)41(26(15-38-29)22-11-23(31(32,33)34)13-24(35)12-22)16-27(43)37-14-19-3-7-21(8-4-19)28(36)40-47-17-20-5-9-25(10-6-20)42(45)46/h3-13,15,18H,14,16-17,35H2,1-2H3,(H2,36,40)(H,37,43)(H,38,39). The lowest BCUT2D eigenvalue weighted by molar-refractivity contribution is -0.384. The van der Waals surface area contributed by atoms with Crippen LogP contribution in [0, 0.1) is 10.1 Å². The fourth-order valence-corrected chi connectivity index (χ4v) is 4.35. The van der Waals surface area contributed by atoms with Crippen molar-refractivity contribution in [1.82, 2.24) is 14.9 Å². The summed E-state index contributed by atoms with van der Waals surface area (Å²) in [6.45, 7) is 3.15. The van der Waals surface area contributed by atoms with E-state index in [-0.39, 0.29) is 53.5 Å². The molecule has 246 valence electrons. The molecule has 3 aromatic carbocycles. The number of halogens is 3. The van der Waals surface area contributed by atoms with Crippen LogP contribution in [0.3, 0.4) is 0 Å². The zero-order valence-corrected chi connectivity index (χ0v) is 25.2. The van der Waals surface area contributed by atoms with Crippen LogP contribution < -0.4 is 27.7 Å². The van der Waals surface area contributed by atoms with Crippen LogP contribution in [0.15, 0.2) is 82.9 Å². The molecule has 47 heavy (non-hydrogen) atoms. The van der Waals surface area contributed by atoms with E-state index in [9.17, 15) is 32.9 Å². The van der Waals surface area contributed by atoms with E-state index < -0.39 is 34.7 Å². The summed E-state index contributed by atoms with van der Waals surface area (Å²) < 4.78 is 41.5. The van der Waals surface area contributed by atoms with E-state index >= 15 is 0 Å². The number of carbonyl (C=O) groups is 1. The summed E-state index contributed by atoms with van der Waals surface area (Å²) in [7, 11) is 0. The number of non-ortho nitro benzene ring substituents is 1. The van der Waals surface area contributed by atoms with Crippen LogP contribution in [0.4, 0.5) is 30.4 Å². The first kappa shape index (κ1) is 34.0. The van der Waals surface area contributed by atoms with Crippen LogP contribution >= 0.6 is 0 Å². The highest BCUT2D eigenvalue weighted by molar-refractivity contribution is 5.97. The van der Waals surface area contributed by atoms with Gasteiger partial charge in [-0.15, -0.1) is 0 Å². The lowest BCUT2D eigenvalue weighted by Gasteiger charge is -2.17. The van der Waals surface area contributed by atoms with E-state index in [0.29, 0.717) is 16.7 Å². The zero-order valence-electron chi connectivity index (χ0n) is 25.2. The molecule has 0 fully saturated rings. The van der Waals surface area contributed by atoms with Gasteiger partial charge in [0.1, 0.15) is 13.2 Å². The third kappa shape index (κ3) is 9.06. The Morgan fingerprint density at radius 1 is 1.09 bits per heavy atom. The van der Waals surface area contributed by atoms with Gasteiger partial charge in [-0.1, -0.05) is 29.4 Å². The molecule has 0 aliphatic heterocycles. The van der Waals surface area contributed by atoms with Crippen molar-refractivity contribution in [3.63, 3.8) is 0 Å². The smallest absolute Gasteiger partial charge is 0.399 e. The van der Waals surface area contributed by atoms with E-state index in [2.05, 4.69) is 20.8 Å². The van der Waals surface area contributed by atoms with Crippen LogP contribution in [-0.4, -0.2) is 32.3 Å². The highest BCUT2D eigenvalue weighted by Gasteiger charge is 2.31. The van der Waals surface area contributed by atoms with Gasteiger partial charge in [0.2, 0.25) is 5.91 Å². The number of nitro groups is 1. The van der Waals surface area contributed by atoms with Gasteiger partial charge in [-0.05, 0) is 55.3 Å². The van der Waals surface area contributed by atoms with Crippen molar-refractivity contribution >= 4 is 28.9 Å². The van der Waals surface area contributed by atoms with Crippen molar-refractivity contribution in [2.75, 3.05) is 11.1 Å². The number of anilines is 2. The van der Waals surface area contributed by atoms with Crippen molar-refractivity contribution in [2.45, 2.75) is 45.8 Å². The minimum atomic E-state index is -4.69. The molecule has 4 rings (SSSR count). The van der Waals surface area contributed by atoms with Gasteiger partial charge in [-0.3, -0.25) is 24.3 Å². The first-order chi connectivity index (χ1) is 22.2. The van der Waals surface area contributed by atoms with Crippen molar-refractivity contribution in [3.8, 4) is 11.3 Å². The summed E-state index contributed by atoms with van der Waals surface area (Å²) in [6.07, 6.45) is -3.47. The lowest BCUT2D eigenvalue weighted by atomic mass is 10.1. The number of nitrogens with zero attached hydrogens (tertiary/aromatic N) is 4. The molecule has 0 saturated carbocycles. The monoisotopic (exact) mass is 652 g/mol. The van der Waals surface area contributed by atoms with Gasteiger partial charge in [0.15, 0.2) is 11.7 Å². The Hall–Kier alpha value is -5.93. The molecule has 0 atom stereocenters. The van der Waals surface area contributed by atoms with E-state index in [1.807, 2.05) is 0 Å². The fourth-order valence-electron chi connectivity index (χ4n) is 4.35. The second-order valence-corrected chi connectivity index (χ2v) is 10.7. The SMILES string of the molecule is CC(C)Nc1ncc(-c2cc(N)cc(C(F)(F)F)c2)n(CC(=O)NCc2ccc(/C(N)=N/OCc3ccc([N+](=O)[O-])cc3)cc2)c1=O. The zero-order chi connectivity index (χ0) is 34.3. The number of nitro benzene ring substituents is 1. The Labute approximate surface area is 266 Å². The highest BCUT2D eigenvalue weighted by atomic mass is 19.4. The van der Waals surface area contributed by atoms with E-state index in [0.717, 1.165) is 16.7 Å². The number of alkyl halides is 3. The molecule has 0 unspecified atom stereocenters.